The van der Waals surface area contributed by atoms with E-state index in [2.05, 4.69) is 32.2 Å². The van der Waals surface area contributed by atoms with Gasteiger partial charge in [0.25, 0.3) is 0 Å². The zero-order valence-corrected chi connectivity index (χ0v) is 14.2. The van der Waals surface area contributed by atoms with Crippen LogP contribution in [0, 0.1) is 17.8 Å². The molecule has 0 aromatic carbocycles. The molecule has 2 aliphatic carbocycles. The SMILES string of the molecule is CCC1(OC(=O)C2CC3C=CC2C3)CCC[Si](C)(C)C1. The average molecular weight is 292 g/mol. The number of esters is 1. The Balaban J connectivity index is 1.68. The highest BCUT2D eigenvalue weighted by Crippen LogP contribution is 2.46. The number of ether oxygens (including phenoxy) is 1. The number of hydrogen-bond donors (Lipinski definition) is 0. The first-order valence-electron chi connectivity index (χ1n) is 8.34. The van der Waals surface area contributed by atoms with Crippen LogP contribution in [0.3, 0.4) is 0 Å². The molecule has 4 unspecified atom stereocenters. The van der Waals surface area contributed by atoms with Gasteiger partial charge < -0.3 is 4.74 Å². The van der Waals surface area contributed by atoms with Crippen LogP contribution in [0.25, 0.3) is 0 Å². The third-order valence-corrected chi connectivity index (χ3v) is 9.14. The van der Waals surface area contributed by atoms with Gasteiger partial charge in [-0.05, 0) is 43.6 Å². The molecule has 1 aliphatic heterocycles. The molecule has 112 valence electrons. The van der Waals surface area contributed by atoms with E-state index in [9.17, 15) is 4.79 Å². The Kier molecular flexibility index (Phi) is 3.60. The first-order chi connectivity index (χ1) is 9.43. The van der Waals surface area contributed by atoms with Gasteiger partial charge in [-0.3, -0.25) is 4.79 Å². The van der Waals surface area contributed by atoms with Gasteiger partial charge in [0.2, 0.25) is 0 Å². The number of hydrogen-bond acceptors (Lipinski definition) is 2. The predicted molar refractivity (Wildman–Crippen MR) is 84.3 cm³/mol. The first-order valence-corrected chi connectivity index (χ1v) is 11.8. The summed E-state index contributed by atoms with van der Waals surface area (Å²) in [6.07, 6.45) is 10.1. The Hall–Kier alpha value is -0.573. The standard InChI is InChI=1S/C17H28O2Si/c1-4-17(8-5-9-20(2,3)12-17)19-16(18)15-11-13-6-7-14(15)10-13/h6-7,13-15H,4-5,8-12H2,1-3H3. The fraction of sp³-hybridized carbons (Fsp3) is 0.824. The third kappa shape index (κ3) is 2.61. The Morgan fingerprint density at radius 1 is 1.35 bits per heavy atom. The van der Waals surface area contributed by atoms with Crippen LogP contribution in [0.2, 0.25) is 25.2 Å². The van der Waals surface area contributed by atoms with Gasteiger partial charge in [-0.1, -0.05) is 44.6 Å². The molecule has 1 saturated carbocycles. The summed E-state index contributed by atoms with van der Waals surface area (Å²) in [5.41, 5.74) is -0.128. The largest absolute Gasteiger partial charge is 0.459 e. The molecule has 0 N–H and O–H groups in total. The van der Waals surface area contributed by atoms with Gasteiger partial charge >= 0.3 is 5.97 Å². The van der Waals surface area contributed by atoms with E-state index in [-0.39, 0.29) is 17.5 Å². The quantitative estimate of drug-likeness (QED) is 0.438. The van der Waals surface area contributed by atoms with E-state index in [1.807, 2.05) is 0 Å². The summed E-state index contributed by atoms with van der Waals surface area (Å²) in [6.45, 7) is 7.10. The van der Waals surface area contributed by atoms with E-state index in [0.29, 0.717) is 11.8 Å². The minimum absolute atomic E-state index is 0.107. The Bertz CT molecular complexity index is 429. The molecule has 3 rings (SSSR count). The van der Waals surface area contributed by atoms with Crippen LogP contribution >= 0.6 is 0 Å². The van der Waals surface area contributed by atoms with E-state index in [4.69, 9.17) is 4.74 Å². The first kappa shape index (κ1) is 14.4. The van der Waals surface area contributed by atoms with E-state index in [0.717, 1.165) is 19.3 Å². The normalized spacial score (nSPS) is 41.9. The molecule has 2 bridgehead atoms. The molecule has 4 atom stereocenters. The van der Waals surface area contributed by atoms with Crippen molar-refractivity contribution in [2.45, 2.75) is 69.8 Å². The average Bonchev–Trinajstić information content (AvgIpc) is 2.99. The Morgan fingerprint density at radius 2 is 2.15 bits per heavy atom. The lowest BCUT2D eigenvalue weighted by atomic mass is 9.92. The molecule has 2 nitrogen and oxygen atoms in total. The van der Waals surface area contributed by atoms with Crippen molar-refractivity contribution in [2.75, 3.05) is 0 Å². The highest BCUT2D eigenvalue weighted by atomic mass is 28.3. The summed E-state index contributed by atoms with van der Waals surface area (Å²) >= 11 is 0. The molecule has 0 radical (unpaired) electrons. The van der Waals surface area contributed by atoms with Gasteiger partial charge in [0.1, 0.15) is 5.60 Å². The maximum atomic E-state index is 12.6. The smallest absolute Gasteiger partial charge is 0.310 e. The molecule has 0 spiro atoms. The summed E-state index contributed by atoms with van der Waals surface area (Å²) in [4.78, 5) is 12.6. The second kappa shape index (κ2) is 5.01. The Morgan fingerprint density at radius 3 is 2.70 bits per heavy atom. The van der Waals surface area contributed by atoms with Crippen molar-refractivity contribution in [2.24, 2.45) is 17.8 Å². The van der Waals surface area contributed by atoms with Crippen LogP contribution < -0.4 is 0 Å². The van der Waals surface area contributed by atoms with Crippen LogP contribution in [0.4, 0.5) is 0 Å². The van der Waals surface area contributed by atoms with E-state index >= 15 is 0 Å². The molecule has 0 amide bonds. The topological polar surface area (TPSA) is 26.3 Å². The number of carbonyl (C=O) groups is 1. The van der Waals surface area contributed by atoms with Crippen LogP contribution in [0.5, 0.6) is 0 Å². The third-order valence-electron chi connectivity index (χ3n) is 5.83. The Labute approximate surface area is 124 Å². The monoisotopic (exact) mass is 292 g/mol. The van der Waals surface area contributed by atoms with E-state index in [1.54, 1.807) is 0 Å². The van der Waals surface area contributed by atoms with Crippen molar-refractivity contribution in [3.05, 3.63) is 12.2 Å². The summed E-state index contributed by atoms with van der Waals surface area (Å²) in [5.74, 6) is 1.37. The predicted octanol–water partition coefficient (Wildman–Crippen LogP) is 4.39. The maximum absolute atomic E-state index is 12.6. The molecule has 1 heterocycles. The fourth-order valence-electron chi connectivity index (χ4n) is 4.74. The van der Waals surface area contributed by atoms with Crippen LogP contribution in [0.1, 0.15) is 39.0 Å². The zero-order valence-electron chi connectivity index (χ0n) is 13.2. The molecule has 3 aliphatic rings. The molecular weight excluding hydrogens is 264 g/mol. The zero-order chi connectivity index (χ0) is 14.4. The van der Waals surface area contributed by atoms with Gasteiger partial charge in [-0.15, -0.1) is 0 Å². The van der Waals surface area contributed by atoms with Gasteiger partial charge in [-0.2, -0.15) is 0 Å². The molecule has 2 fully saturated rings. The molecule has 0 aromatic rings. The summed E-state index contributed by atoms with van der Waals surface area (Å²) in [6, 6.07) is 2.56. The van der Waals surface area contributed by atoms with Crippen molar-refractivity contribution in [1.82, 2.24) is 0 Å². The van der Waals surface area contributed by atoms with Crippen LogP contribution in [0.15, 0.2) is 12.2 Å². The van der Waals surface area contributed by atoms with Gasteiger partial charge in [0, 0.05) is 0 Å². The molecule has 0 aromatic heterocycles. The van der Waals surface area contributed by atoms with Crippen molar-refractivity contribution < 1.29 is 9.53 Å². The van der Waals surface area contributed by atoms with Gasteiger partial charge in [0.05, 0.1) is 14.0 Å². The van der Waals surface area contributed by atoms with E-state index in [1.165, 1.54) is 24.9 Å². The number of allylic oxidation sites excluding steroid dienone is 2. The minimum Gasteiger partial charge on any atom is -0.459 e. The molecular formula is C17H28O2Si. The summed E-state index contributed by atoms with van der Waals surface area (Å²) in [5, 5.41) is 0. The van der Waals surface area contributed by atoms with Crippen molar-refractivity contribution in [3.8, 4) is 0 Å². The van der Waals surface area contributed by atoms with Gasteiger partial charge in [-0.25, -0.2) is 0 Å². The summed E-state index contributed by atoms with van der Waals surface area (Å²) < 4.78 is 6.16. The maximum Gasteiger partial charge on any atom is 0.310 e. The second-order valence-electron chi connectivity index (χ2n) is 8.04. The van der Waals surface area contributed by atoms with Gasteiger partial charge in [0.15, 0.2) is 0 Å². The second-order valence-corrected chi connectivity index (χ2v) is 13.2. The molecule has 20 heavy (non-hydrogen) atoms. The summed E-state index contributed by atoms with van der Waals surface area (Å²) in [7, 11) is -1.16. The minimum atomic E-state index is -1.16. The lowest BCUT2D eigenvalue weighted by Crippen LogP contribution is -2.47. The van der Waals surface area contributed by atoms with E-state index < -0.39 is 8.07 Å². The molecule has 3 heteroatoms. The number of fused-ring (bicyclic) bond motifs is 2. The number of rotatable bonds is 3. The van der Waals surface area contributed by atoms with Crippen molar-refractivity contribution >= 4 is 14.0 Å². The van der Waals surface area contributed by atoms with Crippen LogP contribution in [-0.4, -0.2) is 19.6 Å². The van der Waals surface area contributed by atoms with Crippen molar-refractivity contribution in [3.63, 3.8) is 0 Å². The highest BCUT2D eigenvalue weighted by molar-refractivity contribution is 6.77. The lowest BCUT2D eigenvalue weighted by molar-refractivity contribution is -0.165. The van der Waals surface area contributed by atoms with Crippen molar-refractivity contribution in [1.29, 1.82) is 0 Å². The lowest BCUT2D eigenvalue weighted by Gasteiger charge is -2.43. The van der Waals surface area contributed by atoms with Crippen LogP contribution in [-0.2, 0) is 9.53 Å². The fourth-order valence-corrected chi connectivity index (χ4v) is 8.29. The highest BCUT2D eigenvalue weighted by Gasteiger charge is 2.46. The number of carbonyl (C=O) groups excluding carboxylic acids is 1. The molecule has 1 saturated heterocycles.